The van der Waals surface area contributed by atoms with Crippen LogP contribution in [0.2, 0.25) is 0 Å². The minimum absolute atomic E-state index is 0.00371. The summed E-state index contributed by atoms with van der Waals surface area (Å²) in [5.41, 5.74) is 16.3. The van der Waals surface area contributed by atoms with Gasteiger partial charge in [-0.05, 0) is 152 Å². The normalized spacial score (nSPS) is 20.1. The van der Waals surface area contributed by atoms with Crippen molar-refractivity contribution >= 4 is 50.5 Å². The fourth-order valence-electron chi connectivity index (χ4n) is 9.95. The van der Waals surface area contributed by atoms with E-state index >= 15 is 0 Å². The van der Waals surface area contributed by atoms with Gasteiger partial charge in [-0.15, -0.1) is 11.3 Å². The van der Waals surface area contributed by atoms with Gasteiger partial charge in [-0.25, -0.2) is 0 Å². The highest BCUT2D eigenvalue weighted by atomic mass is 32.1. The SMILES string of the molecule is C=C/C(=C\C(=C\C(C)C)C(C)CC)NC1CC(C)=CC(NC2=CCCc3sc4ccccc4c32)=C1B(C(=C/C)/C=C(\C)C(C)(C)C)c1cc2cc3c(cc2o1)C(C)(C)CCC3(C)C. The first-order chi connectivity index (χ1) is 29.7. The number of rotatable bonds is 13. The molecular weight excluding hydrogens is 784 g/mol. The standard InChI is InChI=1S/C58H75BN2OS/c1-16-38(7)40(28-36(4)5)32-43(18-3)60-48-29-37(6)30-49(61-47-23-21-25-52-54(47)44-22-19-20-24-51(44)63-52)55(48)59(42(17-2)31-39(8)56(9,10)11)53-34-41-33-45-46(35-50(41)62-53)58(14,15)27-26-57(45,12)13/h17-20,22-24,28,30-36,38,48,60-61H,3,16,21,25-27,29H2,1-2,4-15H3/b39-31+,40-28-,42-17+,43-32+. The van der Waals surface area contributed by atoms with Crippen LogP contribution in [0.4, 0.5) is 0 Å². The van der Waals surface area contributed by atoms with Gasteiger partial charge in [0.05, 0.1) is 5.66 Å². The third-order valence-corrected chi connectivity index (χ3v) is 15.7. The molecule has 2 unspecified atom stereocenters. The van der Waals surface area contributed by atoms with Crippen LogP contribution in [-0.2, 0) is 17.3 Å². The van der Waals surface area contributed by atoms with E-state index in [1.54, 1.807) is 0 Å². The second kappa shape index (κ2) is 18.2. The van der Waals surface area contributed by atoms with E-state index in [2.05, 4.69) is 193 Å². The van der Waals surface area contributed by atoms with Crippen molar-refractivity contribution in [1.29, 1.82) is 0 Å². The molecule has 0 saturated carbocycles. The molecule has 3 aliphatic rings. The lowest BCUT2D eigenvalue weighted by Gasteiger charge is -2.41. The molecular formula is C58H75BN2OS. The summed E-state index contributed by atoms with van der Waals surface area (Å²) < 4.78 is 8.67. The predicted octanol–water partition coefficient (Wildman–Crippen LogP) is 15.6. The summed E-state index contributed by atoms with van der Waals surface area (Å²) in [5.74, 6) is 0.875. The van der Waals surface area contributed by atoms with E-state index in [0.717, 1.165) is 54.7 Å². The molecule has 5 heteroatoms. The molecule has 0 spiro atoms. The molecule has 0 fully saturated rings. The van der Waals surface area contributed by atoms with E-state index in [4.69, 9.17) is 4.42 Å². The van der Waals surface area contributed by atoms with Crippen molar-refractivity contribution in [1.82, 2.24) is 10.6 Å². The molecule has 7 rings (SSSR count). The number of aryl methyl sites for hydroxylation is 1. The van der Waals surface area contributed by atoms with Gasteiger partial charge in [0.25, 0.3) is 6.71 Å². The molecule has 2 aromatic heterocycles. The fraction of sp³-hybridized carbons (Fsp3) is 0.448. The summed E-state index contributed by atoms with van der Waals surface area (Å²) in [7, 11) is 0. The molecule has 3 nitrogen and oxygen atoms in total. The van der Waals surface area contributed by atoms with Gasteiger partial charge >= 0.3 is 0 Å². The quantitative estimate of drug-likeness (QED) is 0.104. The molecule has 0 saturated heterocycles. The van der Waals surface area contributed by atoms with Gasteiger partial charge in [0, 0.05) is 49.0 Å². The smallest absolute Gasteiger partial charge is 0.287 e. The van der Waals surface area contributed by atoms with Gasteiger partial charge < -0.3 is 15.1 Å². The summed E-state index contributed by atoms with van der Waals surface area (Å²) in [5, 5.41) is 10.8. The number of furan rings is 1. The average molecular weight is 859 g/mol. The second-order valence-electron chi connectivity index (χ2n) is 21.6. The maximum Gasteiger partial charge on any atom is 0.287 e. The Bertz CT molecular complexity index is 2560. The van der Waals surface area contributed by atoms with Crippen molar-refractivity contribution in [3.8, 4) is 0 Å². The number of benzene rings is 2. The number of allylic oxidation sites excluding steroid dienone is 10. The number of nitrogens with one attached hydrogen (secondary N) is 2. The Balaban J connectivity index is 1.50. The minimum Gasteiger partial charge on any atom is -0.470 e. The van der Waals surface area contributed by atoms with Crippen molar-refractivity contribution in [2.24, 2.45) is 17.3 Å². The maximum atomic E-state index is 7.32. The van der Waals surface area contributed by atoms with Gasteiger partial charge in [-0.2, -0.15) is 0 Å². The van der Waals surface area contributed by atoms with Gasteiger partial charge in [-0.1, -0.05) is 142 Å². The molecule has 3 aliphatic carbocycles. The summed E-state index contributed by atoms with van der Waals surface area (Å²) in [6.45, 7) is 36.8. The molecule has 0 aliphatic heterocycles. The first-order valence-corrected chi connectivity index (χ1v) is 24.7. The lowest BCUT2D eigenvalue weighted by molar-refractivity contribution is 0.332. The maximum absolute atomic E-state index is 7.32. The monoisotopic (exact) mass is 859 g/mol. The van der Waals surface area contributed by atoms with E-state index in [9.17, 15) is 0 Å². The molecule has 2 heterocycles. The van der Waals surface area contributed by atoms with Crippen molar-refractivity contribution < 1.29 is 4.42 Å². The van der Waals surface area contributed by atoms with Crippen LogP contribution < -0.4 is 16.3 Å². The zero-order chi connectivity index (χ0) is 45.6. The molecule has 0 bridgehead atoms. The van der Waals surface area contributed by atoms with E-state index < -0.39 is 0 Å². The highest BCUT2D eigenvalue weighted by molar-refractivity contribution is 7.19. The van der Waals surface area contributed by atoms with Gasteiger partial charge in [0.2, 0.25) is 0 Å². The first-order valence-electron chi connectivity index (χ1n) is 23.9. The number of hydrogen-bond acceptors (Lipinski definition) is 4. The molecule has 0 amide bonds. The Kier molecular flexibility index (Phi) is 13.4. The van der Waals surface area contributed by atoms with E-state index in [1.165, 1.54) is 76.8 Å². The number of hydrogen-bond donors (Lipinski definition) is 2. The molecule has 2 atom stereocenters. The number of fused-ring (bicyclic) bond motifs is 5. The fourth-order valence-corrected chi connectivity index (χ4v) is 11.2. The molecule has 63 heavy (non-hydrogen) atoms. The van der Waals surface area contributed by atoms with Crippen LogP contribution in [-0.4, -0.2) is 12.8 Å². The van der Waals surface area contributed by atoms with E-state index in [1.807, 2.05) is 17.4 Å². The third kappa shape index (κ3) is 9.66. The van der Waals surface area contributed by atoms with E-state index in [-0.39, 0.29) is 29.0 Å². The lowest BCUT2D eigenvalue weighted by atomic mass is 9.35. The highest BCUT2D eigenvalue weighted by Gasteiger charge is 2.41. The first kappa shape index (κ1) is 46.5. The molecule has 4 aromatic rings. The molecule has 332 valence electrons. The largest absolute Gasteiger partial charge is 0.470 e. The Morgan fingerprint density at radius 2 is 1.71 bits per heavy atom. The third-order valence-electron chi connectivity index (χ3n) is 14.5. The van der Waals surface area contributed by atoms with Crippen LogP contribution >= 0.6 is 11.3 Å². The summed E-state index contributed by atoms with van der Waals surface area (Å²) >= 11 is 1.95. The molecule has 2 N–H and O–H groups in total. The van der Waals surface area contributed by atoms with Crippen LogP contribution in [0.1, 0.15) is 151 Å². The molecule has 2 aromatic carbocycles. The van der Waals surface area contributed by atoms with E-state index in [0.29, 0.717) is 11.8 Å². The van der Waals surface area contributed by atoms with Crippen molar-refractivity contribution in [2.45, 2.75) is 152 Å². The minimum atomic E-state index is -0.184. The topological polar surface area (TPSA) is 37.2 Å². The average Bonchev–Trinajstić information content (AvgIpc) is 3.83. The number of thiophene rings is 1. The van der Waals surface area contributed by atoms with Gasteiger partial charge in [0.1, 0.15) is 5.58 Å². The van der Waals surface area contributed by atoms with Crippen LogP contribution in [0.5, 0.6) is 0 Å². The van der Waals surface area contributed by atoms with Crippen molar-refractivity contribution in [3.63, 3.8) is 0 Å². The Morgan fingerprint density at radius 3 is 2.37 bits per heavy atom. The zero-order valence-corrected chi connectivity index (χ0v) is 42.0. The Labute approximate surface area is 385 Å². The van der Waals surface area contributed by atoms with Crippen LogP contribution in [0.15, 0.2) is 135 Å². The van der Waals surface area contributed by atoms with Crippen LogP contribution in [0.3, 0.4) is 0 Å². The van der Waals surface area contributed by atoms with Crippen molar-refractivity contribution in [3.05, 3.63) is 152 Å². The van der Waals surface area contributed by atoms with Gasteiger partial charge in [-0.3, -0.25) is 0 Å². The van der Waals surface area contributed by atoms with Crippen LogP contribution in [0.25, 0.3) is 26.8 Å². The lowest BCUT2D eigenvalue weighted by Crippen LogP contribution is -2.46. The Morgan fingerprint density at radius 1 is 1.02 bits per heavy atom. The molecule has 0 radical (unpaired) electrons. The predicted molar refractivity (Wildman–Crippen MR) is 278 cm³/mol. The Hall–Kier alpha value is -4.48. The summed E-state index contributed by atoms with van der Waals surface area (Å²) in [6.07, 6.45) is 22.8. The highest BCUT2D eigenvalue weighted by Crippen LogP contribution is 2.47. The van der Waals surface area contributed by atoms with Gasteiger partial charge in [0.15, 0.2) is 0 Å². The summed E-state index contributed by atoms with van der Waals surface area (Å²) in [4.78, 5) is 1.46. The summed E-state index contributed by atoms with van der Waals surface area (Å²) in [6, 6.07) is 16.1. The zero-order valence-electron chi connectivity index (χ0n) is 41.2. The second-order valence-corrected chi connectivity index (χ2v) is 22.8. The van der Waals surface area contributed by atoms with Crippen molar-refractivity contribution in [2.75, 3.05) is 0 Å². The van der Waals surface area contributed by atoms with Crippen LogP contribution in [0, 0.1) is 17.3 Å².